The lowest BCUT2D eigenvalue weighted by molar-refractivity contribution is -0.143. The van der Waals surface area contributed by atoms with Gasteiger partial charge < -0.3 is 14.2 Å². The summed E-state index contributed by atoms with van der Waals surface area (Å²) in [5.41, 5.74) is 5.51. The van der Waals surface area contributed by atoms with Crippen LogP contribution >= 0.6 is 11.6 Å². The topological polar surface area (TPSA) is 44.8 Å². The van der Waals surface area contributed by atoms with Crippen LogP contribution in [0.3, 0.4) is 0 Å². The number of hydrogen-bond donors (Lipinski definition) is 0. The molecule has 0 amide bonds. The van der Waals surface area contributed by atoms with Gasteiger partial charge in [-0.1, -0.05) is 54.1 Å². The predicted molar refractivity (Wildman–Crippen MR) is 127 cm³/mol. The molecular formula is C27H27ClO4. The number of para-hydroxylation sites is 1. The Kier molecular flexibility index (Phi) is 6.71. The van der Waals surface area contributed by atoms with Gasteiger partial charge in [0.25, 0.3) is 0 Å². The van der Waals surface area contributed by atoms with E-state index in [1.165, 1.54) is 0 Å². The Bertz CT molecular complexity index is 1120. The summed E-state index contributed by atoms with van der Waals surface area (Å²) in [6.45, 7) is 2.21. The van der Waals surface area contributed by atoms with E-state index < -0.39 is 0 Å². The molecule has 0 fully saturated rings. The number of methoxy groups -OCH3 is 2. The standard InChI is InChI=1S/C27H27ClO4/c1-4-32-26(29)15-17-14-23(22-10-7-11-25(30-2)27(22)31-3)24-16-18(28)12-13-21(24)20-9-6-5-8-19(17)20/h5-13,16-17,23H,4,14-15H2,1-3H3/t17-,23-/m1/s1. The number of carbonyl (C=O) groups is 1. The summed E-state index contributed by atoms with van der Waals surface area (Å²) in [4.78, 5) is 12.5. The molecule has 0 radical (unpaired) electrons. The highest BCUT2D eigenvalue weighted by Gasteiger charge is 2.33. The van der Waals surface area contributed by atoms with E-state index in [9.17, 15) is 4.79 Å². The minimum atomic E-state index is -0.187. The number of carbonyl (C=O) groups excluding carboxylic acids is 1. The quantitative estimate of drug-likeness (QED) is 0.397. The fourth-order valence-corrected chi connectivity index (χ4v) is 4.98. The third-order valence-electron chi connectivity index (χ3n) is 6.13. The van der Waals surface area contributed by atoms with Gasteiger partial charge >= 0.3 is 5.97 Å². The third kappa shape index (κ3) is 4.20. The SMILES string of the molecule is CCOC(=O)C[C@H]1C[C@H](c2cccc(OC)c2OC)c2cc(Cl)ccc2-c2ccccc21. The van der Waals surface area contributed by atoms with Crippen LogP contribution in [0.1, 0.15) is 48.3 Å². The molecule has 0 N–H and O–H groups in total. The van der Waals surface area contributed by atoms with Crippen LogP contribution < -0.4 is 9.47 Å². The van der Waals surface area contributed by atoms with Gasteiger partial charge in [-0.05, 0) is 59.7 Å². The first-order valence-corrected chi connectivity index (χ1v) is 11.2. The summed E-state index contributed by atoms with van der Waals surface area (Å²) >= 11 is 6.47. The first-order valence-electron chi connectivity index (χ1n) is 10.8. The van der Waals surface area contributed by atoms with Crippen LogP contribution in [0.15, 0.2) is 60.7 Å². The molecule has 0 heterocycles. The van der Waals surface area contributed by atoms with Crippen LogP contribution in [0.25, 0.3) is 11.1 Å². The summed E-state index contributed by atoms with van der Waals surface area (Å²) in [5.74, 6) is 1.13. The van der Waals surface area contributed by atoms with Crippen molar-refractivity contribution in [3.8, 4) is 22.6 Å². The molecule has 4 nitrogen and oxygen atoms in total. The Morgan fingerprint density at radius 2 is 1.69 bits per heavy atom. The van der Waals surface area contributed by atoms with Crippen LogP contribution in [0.2, 0.25) is 5.02 Å². The fraction of sp³-hybridized carbons (Fsp3) is 0.296. The zero-order valence-corrected chi connectivity index (χ0v) is 19.3. The van der Waals surface area contributed by atoms with E-state index in [2.05, 4.69) is 24.3 Å². The number of rotatable bonds is 6. The smallest absolute Gasteiger partial charge is 0.306 e. The Morgan fingerprint density at radius 1 is 0.938 bits per heavy atom. The maximum absolute atomic E-state index is 12.5. The molecule has 0 saturated carbocycles. The van der Waals surface area contributed by atoms with Gasteiger partial charge in [-0.2, -0.15) is 0 Å². The molecule has 3 aromatic rings. The largest absolute Gasteiger partial charge is 0.493 e. The molecule has 0 unspecified atom stereocenters. The van der Waals surface area contributed by atoms with E-state index >= 15 is 0 Å². The van der Waals surface area contributed by atoms with E-state index in [0.717, 1.165) is 27.8 Å². The highest BCUT2D eigenvalue weighted by molar-refractivity contribution is 6.30. The van der Waals surface area contributed by atoms with Crippen molar-refractivity contribution in [2.45, 2.75) is 31.6 Å². The normalized spacial score (nSPS) is 17.0. The lowest BCUT2D eigenvalue weighted by Crippen LogP contribution is -2.14. The van der Waals surface area contributed by atoms with Crippen molar-refractivity contribution in [2.24, 2.45) is 0 Å². The molecule has 0 saturated heterocycles. The maximum Gasteiger partial charge on any atom is 0.306 e. The van der Waals surface area contributed by atoms with Crippen LogP contribution in [0.4, 0.5) is 0 Å². The van der Waals surface area contributed by atoms with Gasteiger partial charge in [0.05, 0.1) is 27.2 Å². The van der Waals surface area contributed by atoms with E-state index in [4.69, 9.17) is 25.8 Å². The number of benzene rings is 3. The zero-order chi connectivity index (χ0) is 22.7. The molecule has 32 heavy (non-hydrogen) atoms. The van der Waals surface area contributed by atoms with Gasteiger partial charge in [-0.3, -0.25) is 4.79 Å². The maximum atomic E-state index is 12.5. The third-order valence-corrected chi connectivity index (χ3v) is 6.36. The monoisotopic (exact) mass is 450 g/mol. The first-order chi connectivity index (χ1) is 15.6. The van der Waals surface area contributed by atoms with E-state index in [0.29, 0.717) is 36.0 Å². The van der Waals surface area contributed by atoms with Gasteiger partial charge in [0.1, 0.15) is 0 Å². The first kappa shape index (κ1) is 22.2. The van der Waals surface area contributed by atoms with Crippen molar-refractivity contribution in [2.75, 3.05) is 20.8 Å². The summed E-state index contributed by atoms with van der Waals surface area (Å²) in [6.07, 6.45) is 1.03. The molecular weight excluding hydrogens is 424 g/mol. The van der Waals surface area contributed by atoms with Gasteiger partial charge in [0, 0.05) is 16.5 Å². The number of fused-ring (bicyclic) bond motifs is 3. The summed E-state index contributed by atoms with van der Waals surface area (Å²) in [5, 5.41) is 0.678. The van der Waals surface area contributed by atoms with Gasteiger partial charge in [0.2, 0.25) is 0 Å². The van der Waals surface area contributed by atoms with Crippen LogP contribution in [-0.4, -0.2) is 26.8 Å². The highest BCUT2D eigenvalue weighted by atomic mass is 35.5. The average Bonchev–Trinajstić information content (AvgIpc) is 2.93. The Morgan fingerprint density at radius 3 is 2.44 bits per heavy atom. The van der Waals surface area contributed by atoms with Crippen molar-refractivity contribution in [1.29, 1.82) is 0 Å². The molecule has 2 atom stereocenters. The van der Waals surface area contributed by atoms with Crippen molar-refractivity contribution in [1.82, 2.24) is 0 Å². The van der Waals surface area contributed by atoms with E-state index in [1.807, 2.05) is 43.3 Å². The molecule has 4 rings (SSSR count). The predicted octanol–water partition coefficient (Wildman–Crippen LogP) is 6.60. The molecule has 0 aromatic heterocycles. The highest BCUT2D eigenvalue weighted by Crippen LogP contribution is 2.50. The second-order valence-corrected chi connectivity index (χ2v) is 8.33. The van der Waals surface area contributed by atoms with E-state index in [-0.39, 0.29) is 17.8 Å². The molecule has 0 bridgehead atoms. The molecule has 3 aromatic carbocycles. The molecule has 0 aliphatic heterocycles. The fourth-order valence-electron chi connectivity index (χ4n) is 4.80. The van der Waals surface area contributed by atoms with E-state index in [1.54, 1.807) is 14.2 Å². The second-order valence-electron chi connectivity index (χ2n) is 7.90. The van der Waals surface area contributed by atoms with Crippen LogP contribution in [-0.2, 0) is 9.53 Å². The van der Waals surface area contributed by atoms with Crippen molar-refractivity contribution >= 4 is 17.6 Å². The number of esters is 1. The molecule has 0 spiro atoms. The molecule has 1 aliphatic rings. The summed E-state index contributed by atoms with van der Waals surface area (Å²) in [6, 6.07) is 20.2. The molecule has 166 valence electrons. The minimum Gasteiger partial charge on any atom is -0.493 e. The Hall–Kier alpha value is -2.98. The summed E-state index contributed by atoms with van der Waals surface area (Å²) < 4.78 is 16.7. The van der Waals surface area contributed by atoms with Crippen LogP contribution in [0.5, 0.6) is 11.5 Å². The molecule has 1 aliphatic carbocycles. The van der Waals surface area contributed by atoms with Crippen molar-refractivity contribution in [3.05, 3.63) is 82.4 Å². The van der Waals surface area contributed by atoms with Crippen molar-refractivity contribution in [3.63, 3.8) is 0 Å². The van der Waals surface area contributed by atoms with Crippen LogP contribution in [0, 0.1) is 0 Å². The minimum absolute atomic E-state index is 0.0164. The average molecular weight is 451 g/mol. The zero-order valence-electron chi connectivity index (χ0n) is 18.6. The Balaban J connectivity index is 1.93. The second kappa shape index (κ2) is 9.66. The Labute approximate surface area is 194 Å². The number of hydrogen-bond acceptors (Lipinski definition) is 4. The molecule has 5 heteroatoms. The van der Waals surface area contributed by atoms with Gasteiger partial charge in [0.15, 0.2) is 11.5 Å². The van der Waals surface area contributed by atoms with Crippen molar-refractivity contribution < 1.29 is 19.0 Å². The number of halogens is 1. The van der Waals surface area contributed by atoms with Gasteiger partial charge in [-0.15, -0.1) is 0 Å². The lowest BCUT2D eigenvalue weighted by Gasteiger charge is -2.25. The van der Waals surface area contributed by atoms with Gasteiger partial charge in [-0.25, -0.2) is 0 Å². The lowest BCUT2D eigenvalue weighted by atomic mass is 9.81. The summed E-state index contributed by atoms with van der Waals surface area (Å²) in [7, 11) is 3.29. The number of ether oxygens (including phenoxy) is 3.